The second kappa shape index (κ2) is 6.34. The van der Waals surface area contributed by atoms with E-state index in [-0.39, 0.29) is 6.54 Å². The van der Waals surface area contributed by atoms with Gasteiger partial charge in [0.1, 0.15) is 0 Å². The molecule has 0 aliphatic heterocycles. The highest BCUT2D eigenvalue weighted by atomic mass is 16.4. The summed E-state index contributed by atoms with van der Waals surface area (Å²) >= 11 is 0. The third kappa shape index (κ3) is 4.63. The average molecular weight is 262 g/mol. The Morgan fingerprint density at radius 2 is 2.05 bits per heavy atom. The molecule has 1 aromatic carbocycles. The first kappa shape index (κ1) is 14.4. The summed E-state index contributed by atoms with van der Waals surface area (Å²) in [5, 5.41) is 10.9. The topological polar surface area (TPSA) is 109 Å². The minimum absolute atomic E-state index is 0.243. The van der Waals surface area contributed by atoms with E-state index in [0.29, 0.717) is 11.1 Å². The zero-order chi connectivity index (χ0) is 14.4. The highest BCUT2D eigenvalue weighted by Gasteiger charge is 2.07. The Morgan fingerprint density at radius 3 is 2.63 bits per heavy atom. The number of carboxylic acid groups (broad SMARTS) is 1. The molecule has 0 unspecified atom stereocenters. The molecule has 1 aromatic rings. The molecule has 0 saturated carbocycles. The summed E-state index contributed by atoms with van der Waals surface area (Å²) in [6.45, 7) is 1.56. The maximum Gasteiger partial charge on any atom is 0.328 e. The van der Waals surface area contributed by atoms with Crippen LogP contribution in [0.1, 0.15) is 21.5 Å². The molecule has 0 spiro atoms. The molecule has 0 heterocycles. The molecule has 0 radical (unpaired) electrons. The number of aryl methyl sites for hydroxylation is 1. The van der Waals surface area contributed by atoms with Crippen LogP contribution in [0.15, 0.2) is 24.3 Å². The summed E-state index contributed by atoms with van der Waals surface area (Å²) in [4.78, 5) is 32.7. The Labute approximate surface area is 109 Å². The highest BCUT2D eigenvalue weighted by Crippen LogP contribution is 2.13. The van der Waals surface area contributed by atoms with Gasteiger partial charge < -0.3 is 16.2 Å². The predicted molar refractivity (Wildman–Crippen MR) is 69.4 cm³/mol. The van der Waals surface area contributed by atoms with Crippen LogP contribution in [0.3, 0.4) is 0 Å². The van der Waals surface area contributed by atoms with Crippen molar-refractivity contribution in [2.75, 3.05) is 6.54 Å². The van der Waals surface area contributed by atoms with Gasteiger partial charge in [-0.25, -0.2) is 4.79 Å². The number of primary amides is 1. The van der Waals surface area contributed by atoms with Crippen LogP contribution in [0, 0.1) is 6.92 Å². The first-order chi connectivity index (χ1) is 8.90. The van der Waals surface area contributed by atoms with Gasteiger partial charge in [0.25, 0.3) is 5.91 Å². The minimum atomic E-state index is -1.07. The Balaban J connectivity index is 2.92. The number of benzene rings is 1. The summed E-state index contributed by atoms with van der Waals surface area (Å²) in [6, 6.07) is 4.83. The molecule has 100 valence electrons. The van der Waals surface area contributed by atoms with Crippen molar-refractivity contribution in [1.82, 2.24) is 5.32 Å². The van der Waals surface area contributed by atoms with Gasteiger partial charge in [-0.1, -0.05) is 6.07 Å². The van der Waals surface area contributed by atoms with Gasteiger partial charge in [-0.2, -0.15) is 0 Å². The molecule has 6 heteroatoms. The van der Waals surface area contributed by atoms with Gasteiger partial charge in [-0.3, -0.25) is 9.59 Å². The third-order valence-electron chi connectivity index (χ3n) is 2.37. The van der Waals surface area contributed by atoms with Crippen LogP contribution in [0.4, 0.5) is 0 Å². The molecule has 0 fully saturated rings. The van der Waals surface area contributed by atoms with E-state index in [1.54, 1.807) is 25.1 Å². The van der Waals surface area contributed by atoms with Gasteiger partial charge in [0, 0.05) is 11.6 Å². The zero-order valence-corrected chi connectivity index (χ0v) is 10.3. The SMILES string of the molecule is Cc1ccc(C(=O)NCC(N)=O)cc1/C=C/C(=O)O. The van der Waals surface area contributed by atoms with Gasteiger partial charge >= 0.3 is 5.97 Å². The fraction of sp³-hybridized carbons (Fsp3) is 0.154. The van der Waals surface area contributed by atoms with E-state index in [2.05, 4.69) is 5.32 Å². The first-order valence-corrected chi connectivity index (χ1v) is 5.48. The van der Waals surface area contributed by atoms with Crippen molar-refractivity contribution in [1.29, 1.82) is 0 Å². The lowest BCUT2D eigenvalue weighted by molar-refractivity contribution is -0.131. The number of aliphatic carboxylic acids is 1. The molecule has 2 amide bonds. The summed E-state index contributed by atoms with van der Waals surface area (Å²) in [5.74, 6) is -2.14. The molecule has 4 N–H and O–H groups in total. The Hall–Kier alpha value is -2.63. The van der Waals surface area contributed by atoms with Crippen LogP contribution in [-0.4, -0.2) is 29.4 Å². The van der Waals surface area contributed by atoms with Gasteiger partial charge in [0.15, 0.2) is 0 Å². The standard InChI is InChI=1S/C13H14N2O4/c1-8-2-3-10(13(19)15-7-11(14)16)6-9(8)4-5-12(17)18/h2-6H,7H2,1H3,(H2,14,16)(H,15,19)(H,17,18)/b5-4+. The molecular weight excluding hydrogens is 248 g/mol. The van der Waals surface area contributed by atoms with Crippen molar-refractivity contribution in [3.8, 4) is 0 Å². The largest absolute Gasteiger partial charge is 0.478 e. The van der Waals surface area contributed by atoms with Crippen LogP contribution in [-0.2, 0) is 9.59 Å². The van der Waals surface area contributed by atoms with Gasteiger partial charge in [0.05, 0.1) is 6.54 Å². The molecule has 0 aliphatic carbocycles. The summed E-state index contributed by atoms with van der Waals surface area (Å²) in [6.07, 6.45) is 2.40. The van der Waals surface area contributed by atoms with E-state index in [0.717, 1.165) is 11.6 Å². The summed E-state index contributed by atoms with van der Waals surface area (Å²) in [5.41, 5.74) is 6.71. The van der Waals surface area contributed by atoms with Crippen LogP contribution >= 0.6 is 0 Å². The number of carbonyl (C=O) groups is 3. The third-order valence-corrected chi connectivity index (χ3v) is 2.37. The fourth-order valence-electron chi connectivity index (χ4n) is 1.39. The zero-order valence-electron chi connectivity index (χ0n) is 10.3. The molecule has 6 nitrogen and oxygen atoms in total. The second-order valence-electron chi connectivity index (χ2n) is 3.89. The number of nitrogens with two attached hydrogens (primary N) is 1. The molecule has 0 bridgehead atoms. The number of carboxylic acids is 1. The average Bonchev–Trinajstić information content (AvgIpc) is 2.34. The number of nitrogens with one attached hydrogen (secondary N) is 1. The van der Waals surface area contributed by atoms with E-state index in [1.807, 2.05) is 0 Å². The van der Waals surface area contributed by atoms with E-state index < -0.39 is 17.8 Å². The molecule has 0 saturated heterocycles. The van der Waals surface area contributed by atoms with E-state index >= 15 is 0 Å². The van der Waals surface area contributed by atoms with E-state index in [4.69, 9.17) is 10.8 Å². The molecule has 0 aliphatic rings. The number of hydrogen-bond donors (Lipinski definition) is 3. The lowest BCUT2D eigenvalue weighted by Gasteiger charge is -2.06. The van der Waals surface area contributed by atoms with Crippen LogP contribution < -0.4 is 11.1 Å². The van der Waals surface area contributed by atoms with Gasteiger partial charge in [0.2, 0.25) is 5.91 Å². The molecule has 0 aromatic heterocycles. The summed E-state index contributed by atoms with van der Waals surface area (Å²) in [7, 11) is 0. The normalized spacial score (nSPS) is 10.4. The van der Waals surface area contributed by atoms with Crippen molar-refractivity contribution in [3.63, 3.8) is 0 Å². The maximum absolute atomic E-state index is 11.7. The van der Waals surface area contributed by atoms with Gasteiger partial charge in [-0.15, -0.1) is 0 Å². The number of amides is 2. The maximum atomic E-state index is 11.7. The molecule has 1 rings (SSSR count). The number of rotatable bonds is 5. The highest BCUT2D eigenvalue weighted by molar-refractivity contribution is 5.97. The van der Waals surface area contributed by atoms with Crippen molar-refractivity contribution >= 4 is 23.9 Å². The molecule has 19 heavy (non-hydrogen) atoms. The van der Waals surface area contributed by atoms with Crippen LogP contribution in [0.25, 0.3) is 6.08 Å². The number of hydrogen-bond acceptors (Lipinski definition) is 3. The van der Waals surface area contributed by atoms with Crippen molar-refractivity contribution < 1.29 is 19.5 Å². The van der Waals surface area contributed by atoms with Crippen LogP contribution in [0.2, 0.25) is 0 Å². The smallest absolute Gasteiger partial charge is 0.328 e. The van der Waals surface area contributed by atoms with Crippen molar-refractivity contribution in [2.45, 2.75) is 6.92 Å². The van der Waals surface area contributed by atoms with Gasteiger partial charge in [-0.05, 0) is 36.3 Å². The van der Waals surface area contributed by atoms with E-state index in [9.17, 15) is 14.4 Å². The Morgan fingerprint density at radius 1 is 1.37 bits per heavy atom. The van der Waals surface area contributed by atoms with E-state index in [1.165, 1.54) is 6.08 Å². The van der Waals surface area contributed by atoms with Crippen LogP contribution in [0.5, 0.6) is 0 Å². The summed E-state index contributed by atoms with van der Waals surface area (Å²) < 4.78 is 0. The monoisotopic (exact) mass is 262 g/mol. The first-order valence-electron chi connectivity index (χ1n) is 5.48. The molecule has 0 atom stereocenters. The number of carbonyl (C=O) groups excluding carboxylic acids is 2. The lowest BCUT2D eigenvalue weighted by Crippen LogP contribution is -2.33. The Bertz CT molecular complexity index is 550. The Kier molecular flexibility index (Phi) is 4.82. The van der Waals surface area contributed by atoms with Crippen molar-refractivity contribution in [2.24, 2.45) is 5.73 Å². The quantitative estimate of drug-likeness (QED) is 0.663. The van der Waals surface area contributed by atoms with Crippen molar-refractivity contribution in [3.05, 3.63) is 41.0 Å². The predicted octanol–water partition coefficient (Wildman–Crippen LogP) is 0.308. The second-order valence-corrected chi connectivity index (χ2v) is 3.89. The minimum Gasteiger partial charge on any atom is -0.478 e. The fourth-order valence-corrected chi connectivity index (χ4v) is 1.39. The molecular formula is C13H14N2O4. The lowest BCUT2D eigenvalue weighted by atomic mass is 10.0.